The van der Waals surface area contributed by atoms with Gasteiger partial charge in [0.15, 0.2) is 5.82 Å². The van der Waals surface area contributed by atoms with Gasteiger partial charge in [0.1, 0.15) is 17.5 Å². The number of aromatic nitrogens is 7. The quantitative estimate of drug-likeness (QED) is 0.729. The minimum Gasteiger partial charge on any atom is -0.425 e. The van der Waals surface area contributed by atoms with Crippen molar-refractivity contribution >= 4 is 0 Å². The zero-order valence-electron chi connectivity index (χ0n) is 13.5. The van der Waals surface area contributed by atoms with Gasteiger partial charge in [-0.2, -0.15) is 4.68 Å². The van der Waals surface area contributed by atoms with E-state index < -0.39 is 0 Å². The molecule has 0 bridgehead atoms. The third kappa shape index (κ3) is 2.49. The van der Waals surface area contributed by atoms with E-state index in [4.69, 9.17) is 4.42 Å². The molecule has 8 heteroatoms. The molecule has 2 unspecified atom stereocenters. The Hall–Kier alpha value is -2.64. The van der Waals surface area contributed by atoms with E-state index in [0.717, 1.165) is 35.4 Å². The van der Waals surface area contributed by atoms with Crippen LogP contribution in [0.3, 0.4) is 0 Å². The van der Waals surface area contributed by atoms with E-state index >= 15 is 0 Å². The van der Waals surface area contributed by atoms with Crippen molar-refractivity contribution in [3.8, 4) is 5.82 Å². The first-order chi connectivity index (χ1) is 11.0. The predicted octanol–water partition coefficient (Wildman–Crippen LogP) is 1.95. The number of hydrogen-bond donors (Lipinski definition) is 0. The summed E-state index contributed by atoms with van der Waals surface area (Å²) in [5, 5.41) is 12.4. The molecule has 0 aliphatic heterocycles. The maximum Gasteiger partial charge on any atom is 0.220 e. The van der Waals surface area contributed by atoms with Crippen molar-refractivity contribution in [1.82, 2.24) is 34.9 Å². The highest BCUT2D eigenvalue weighted by Gasteiger charge is 2.44. The molecule has 4 rings (SSSR count). The summed E-state index contributed by atoms with van der Waals surface area (Å²) in [6.07, 6.45) is 0.965. The normalized spacial score (nSPS) is 20.0. The molecule has 1 saturated carbocycles. The van der Waals surface area contributed by atoms with Crippen LogP contribution in [0.15, 0.2) is 10.5 Å². The summed E-state index contributed by atoms with van der Waals surface area (Å²) >= 11 is 0. The second kappa shape index (κ2) is 4.94. The van der Waals surface area contributed by atoms with E-state index in [-0.39, 0.29) is 5.92 Å². The lowest BCUT2D eigenvalue weighted by Gasteiger charge is -2.06. The Labute approximate surface area is 133 Å². The second-order valence-electron chi connectivity index (χ2n) is 5.92. The van der Waals surface area contributed by atoms with Gasteiger partial charge in [0, 0.05) is 24.8 Å². The number of nitrogens with zero attached hydrogens (tertiary/aromatic N) is 7. The first-order valence-electron chi connectivity index (χ1n) is 7.57. The Kier molecular flexibility index (Phi) is 3.00. The third-order valence-electron chi connectivity index (χ3n) is 3.97. The molecule has 0 saturated heterocycles. The molecule has 8 nitrogen and oxygen atoms in total. The Morgan fingerprint density at radius 3 is 2.48 bits per heavy atom. The maximum absolute atomic E-state index is 5.53. The fraction of sp³-hybridized carbons (Fsp3) is 0.467. The Morgan fingerprint density at radius 1 is 1.00 bits per heavy atom. The van der Waals surface area contributed by atoms with Gasteiger partial charge in [-0.3, -0.25) is 0 Å². The van der Waals surface area contributed by atoms with E-state index in [2.05, 4.69) is 30.2 Å². The second-order valence-corrected chi connectivity index (χ2v) is 5.92. The first-order valence-corrected chi connectivity index (χ1v) is 7.57. The number of aryl methyl sites for hydroxylation is 4. The van der Waals surface area contributed by atoms with E-state index in [9.17, 15) is 0 Å². The van der Waals surface area contributed by atoms with Crippen LogP contribution in [-0.2, 0) is 0 Å². The summed E-state index contributed by atoms with van der Waals surface area (Å²) in [5.74, 6) is 4.84. The summed E-state index contributed by atoms with van der Waals surface area (Å²) in [4.78, 5) is 13.4. The van der Waals surface area contributed by atoms with Crippen LogP contribution in [0.2, 0.25) is 0 Å². The van der Waals surface area contributed by atoms with E-state index in [1.807, 2.05) is 26.8 Å². The molecule has 1 aliphatic rings. The number of hydrogen-bond acceptors (Lipinski definition) is 7. The van der Waals surface area contributed by atoms with Gasteiger partial charge >= 0.3 is 0 Å². The summed E-state index contributed by atoms with van der Waals surface area (Å²) in [5.41, 5.74) is 0.987. The van der Waals surface area contributed by atoms with Crippen molar-refractivity contribution in [1.29, 1.82) is 0 Å². The van der Waals surface area contributed by atoms with Crippen LogP contribution in [0.5, 0.6) is 0 Å². The highest BCUT2D eigenvalue weighted by molar-refractivity contribution is 5.32. The predicted molar refractivity (Wildman–Crippen MR) is 80.3 cm³/mol. The van der Waals surface area contributed by atoms with Crippen molar-refractivity contribution < 1.29 is 4.42 Å². The van der Waals surface area contributed by atoms with Crippen LogP contribution in [-0.4, -0.2) is 34.9 Å². The van der Waals surface area contributed by atoms with Crippen LogP contribution < -0.4 is 0 Å². The van der Waals surface area contributed by atoms with Crippen LogP contribution in [0.1, 0.15) is 53.2 Å². The first kappa shape index (κ1) is 14.0. The molecule has 1 fully saturated rings. The smallest absolute Gasteiger partial charge is 0.220 e. The average Bonchev–Trinajstić information content (AvgIpc) is 3.07. The lowest BCUT2D eigenvalue weighted by molar-refractivity contribution is 0.466. The zero-order chi connectivity index (χ0) is 16.1. The largest absolute Gasteiger partial charge is 0.425 e. The van der Waals surface area contributed by atoms with Crippen molar-refractivity contribution in [3.63, 3.8) is 0 Å². The van der Waals surface area contributed by atoms with Gasteiger partial charge in [-0.1, -0.05) is 0 Å². The van der Waals surface area contributed by atoms with Gasteiger partial charge in [-0.25, -0.2) is 15.0 Å². The molecule has 1 aliphatic carbocycles. The Balaban J connectivity index is 1.67. The molecule has 3 aromatic heterocycles. The van der Waals surface area contributed by atoms with Crippen LogP contribution in [0.25, 0.3) is 5.82 Å². The van der Waals surface area contributed by atoms with Crippen molar-refractivity contribution in [2.75, 3.05) is 0 Å². The number of rotatable bonds is 3. The highest BCUT2D eigenvalue weighted by Crippen LogP contribution is 2.53. The SMILES string of the molecule is Cc1nc(C2CC2c2nnc(C)o2)cc(-n2nc(C)nc2C)n1. The molecule has 3 aromatic rings. The summed E-state index contributed by atoms with van der Waals surface area (Å²) in [6.45, 7) is 7.47. The molecule has 0 N–H and O–H groups in total. The van der Waals surface area contributed by atoms with Crippen molar-refractivity contribution in [2.45, 2.75) is 46.0 Å². The minimum absolute atomic E-state index is 0.247. The molecule has 2 atom stereocenters. The van der Waals surface area contributed by atoms with Gasteiger partial charge < -0.3 is 4.42 Å². The Bertz CT molecular complexity index is 882. The standard InChI is InChI=1S/C15H17N7O/c1-7-17-13(11-5-12(11)15-20-19-10(4)23-15)6-14(18-7)22-9(3)16-8(2)21-22/h6,11-12H,5H2,1-4H3. The average molecular weight is 311 g/mol. The zero-order valence-corrected chi connectivity index (χ0v) is 13.5. The van der Waals surface area contributed by atoms with Crippen molar-refractivity contribution in [3.05, 3.63) is 41.0 Å². The van der Waals surface area contributed by atoms with E-state index in [1.165, 1.54) is 0 Å². The highest BCUT2D eigenvalue weighted by atomic mass is 16.4. The summed E-state index contributed by atoms with van der Waals surface area (Å²) in [6, 6.07) is 1.97. The third-order valence-corrected chi connectivity index (χ3v) is 3.97. The summed E-state index contributed by atoms with van der Waals surface area (Å²) < 4.78 is 7.29. The topological polar surface area (TPSA) is 95.4 Å². The van der Waals surface area contributed by atoms with Gasteiger partial charge in [0.2, 0.25) is 11.8 Å². The van der Waals surface area contributed by atoms with Crippen LogP contribution >= 0.6 is 0 Å². The fourth-order valence-electron chi connectivity index (χ4n) is 2.87. The van der Waals surface area contributed by atoms with Gasteiger partial charge in [-0.05, 0) is 27.2 Å². The van der Waals surface area contributed by atoms with Gasteiger partial charge in [0.05, 0.1) is 5.69 Å². The summed E-state index contributed by atoms with van der Waals surface area (Å²) in [7, 11) is 0. The molecule has 3 heterocycles. The van der Waals surface area contributed by atoms with Crippen LogP contribution in [0, 0.1) is 27.7 Å². The Morgan fingerprint density at radius 2 is 1.83 bits per heavy atom. The molecular formula is C15H17N7O. The monoisotopic (exact) mass is 311 g/mol. The van der Waals surface area contributed by atoms with E-state index in [0.29, 0.717) is 17.7 Å². The molecular weight excluding hydrogens is 294 g/mol. The lowest BCUT2D eigenvalue weighted by atomic mass is 10.2. The van der Waals surface area contributed by atoms with Crippen molar-refractivity contribution in [2.24, 2.45) is 0 Å². The fourth-order valence-corrected chi connectivity index (χ4v) is 2.87. The maximum atomic E-state index is 5.53. The molecule has 0 radical (unpaired) electrons. The molecule has 0 spiro atoms. The molecule has 0 aromatic carbocycles. The van der Waals surface area contributed by atoms with Gasteiger partial charge in [-0.15, -0.1) is 15.3 Å². The van der Waals surface area contributed by atoms with Crippen LogP contribution in [0.4, 0.5) is 0 Å². The van der Waals surface area contributed by atoms with Gasteiger partial charge in [0.25, 0.3) is 0 Å². The molecule has 0 amide bonds. The molecule has 118 valence electrons. The van der Waals surface area contributed by atoms with E-state index in [1.54, 1.807) is 11.6 Å². The lowest BCUT2D eigenvalue weighted by Crippen LogP contribution is -2.06. The molecule has 23 heavy (non-hydrogen) atoms. The minimum atomic E-state index is 0.247.